The number of carbonyl (C=O) groups is 2. The molecule has 2 aromatic rings. The molecule has 4 nitrogen and oxygen atoms in total. The van der Waals surface area contributed by atoms with Gasteiger partial charge in [0.15, 0.2) is 0 Å². The van der Waals surface area contributed by atoms with E-state index in [1.807, 2.05) is 45.0 Å². The van der Waals surface area contributed by atoms with E-state index in [0.717, 1.165) is 34.0 Å². The number of hydrogen-bond donors (Lipinski definition) is 1. The van der Waals surface area contributed by atoms with E-state index in [1.54, 1.807) is 18.2 Å². The third-order valence-electron chi connectivity index (χ3n) is 4.27. The van der Waals surface area contributed by atoms with Gasteiger partial charge < -0.3 is 5.73 Å². The number of thioether (sulfide) groups is 1. The SMILES string of the molecule is C/C(=C1/SC(=O)N(c2cccc(C)c2C)C1=O)c1ccc(N)cc1. The van der Waals surface area contributed by atoms with Crippen molar-refractivity contribution in [3.8, 4) is 0 Å². The molecule has 0 bridgehead atoms. The van der Waals surface area contributed by atoms with E-state index in [-0.39, 0.29) is 11.1 Å². The van der Waals surface area contributed by atoms with Crippen LogP contribution in [0.4, 0.5) is 16.2 Å². The summed E-state index contributed by atoms with van der Waals surface area (Å²) in [6, 6.07) is 12.9. The first-order chi connectivity index (χ1) is 11.4. The molecule has 1 aliphatic heterocycles. The maximum Gasteiger partial charge on any atom is 0.298 e. The van der Waals surface area contributed by atoms with Crippen molar-refractivity contribution in [1.82, 2.24) is 0 Å². The van der Waals surface area contributed by atoms with Crippen LogP contribution in [0.3, 0.4) is 0 Å². The van der Waals surface area contributed by atoms with Crippen LogP contribution in [-0.2, 0) is 4.79 Å². The average molecular weight is 338 g/mol. The van der Waals surface area contributed by atoms with Crippen molar-refractivity contribution >= 4 is 39.9 Å². The van der Waals surface area contributed by atoms with Gasteiger partial charge in [-0.15, -0.1) is 0 Å². The van der Waals surface area contributed by atoms with Gasteiger partial charge in [0, 0.05) is 5.69 Å². The molecule has 3 rings (SSSR count). The predicted octanol–water partition coefficient (Wildman–Crippen LogP) is 4.52. The van der Waals surface area contributed by atoms with E-state index in [1.165, 1.54) is 4.90 Å². The van der Waals surface area contributed by atoms with Crippen LogP contribution < -0.4 is 10.6 Å². The molecule has 1 fully saturated rings. The maximum absolute atomic E-state index is 12.9. The molecule has 0 aromatic heterocycles. The monoisotopic (exact) mass is 338 g/mol. The standard InChI is InChI=1S/C19H18N2O2S/c1-11-5-4-6-16(12(11)2)21-18(22)17(24-19(21)23)13(3)14-7-9-15(20)10-8-14/h4-10H,20H2,1-3H3/b17-13-. The summed E-state index contributed by atoms with van der Waals surface area (Å²) in [7, 11) is 0. The molecule has 0 aliphatic carbocycles. The van der Waals surface area contributed by atoms with Gasteiger partial charge in [-0.1, -0.05) is 24.3 Å². The molecule has 1 heterocycles. The van der Waals surface area contributed by atoms with E-state index in [4.69, 9.17) is 5.73 Å². The van der Waals surface area contributed by atoms with Crippen molar-refractivity contribution in [3.63, 3.8) is 0 Å². The zero-order valence-electron chi connectivity index (χ0n) is 13.8. The first-order valence-electron chi connectivity index (χ1n) is 7.59. The van der Waals surface area contributed by atoms with E-state index in [2.05, 4.69) is 0 Å². The highest BCUT2D eigenvalue weighted by Crippen LogP contribution is 2.40. The summed E-state index contributed by atoms with van der Waals surface area (Å²) in [5.41, 5.74) is 10.7. The lowest BCUT2D eigenvalue weighted by Crippen LogP contribution is -2.28. The Bertz CT molecular complexity index is 869. The van der Waals surface area contributed by atoms with E-state index < -0.39 is 0 Å². The Morgan fingerprint density at radius 1 is 1.04 bits per heavy atom. The normalized spacial score (nSPS) is 16.7. The summed E-state index contributed by atoms with van der Waals surface area (Å²) in [6.07, 6.45) is 0. The molecule has 0 radical (unpaired) electrons. The van der Waals surface area contributed by atoms with Crippen LogP contribution >= 0.6 is 11.8 Å². The van der Waals surface area contributed by atoms with Gasteiger partial charge in [0.1, 0.15) is 0 Å². The highest BCUT2D eigenvalue weighted by molar-refractivity contribution is 8.19. The third-order valence-corrected chi connectivity index (χ3v) is 5.31. The Morgan fingerprint density at radius 3 is 2.38 bits per heavy atom. The van der Waals surface area contributed by atoms with Gasteiger partial charge in [-0.2, -0.15) is 0 Å². The number of imide groups is 1. The number of amides is 2. The summed E-state index contributed by atoms with van der Waals surface area (Å²) in [4.78, 5) is 27.1. The van der Waals surface area contributed by atoms with E-state index in [0.29, 0.717) is 16.3 Å². The Morgan fingerprint density at radius 2 is 1.71 bits per heavy atom. The number of aryl methyl sites for hydroxylation is 1. The second kappa shape index (κ2) is 6.17. The average Bonchev–Trinajstić information content (AvgIpc) is 2.85. The topological polar surface area (TPSA) is 63.4 Å². The molecule has 5 heteroatoms. The van der Waals surface area contributed by atoms with E-state index in [9.17, 15) is 9.59 Å². The molecule has 24 heavy (non-hydrogen) atoms. The Hall–Kier alpha value is -2.53. The van der Waals surface area contributed by atoms with Gasteiger partial charge in [0.2, 0.25) is 0 Å². The van der Waals surface area contributed by atoms with Crippen molar-refractivity contribution < 1.29 is 9.59 Å². The number of allylic oxidation sites excluding steroid dienone is 1. The number of anilines is 2. The minimum atomic E-state index is -0.270. The van der Waals surface area contributed by atoms with Crippen molar-refractivity contribution in [1.29, 1.82) is 0 Å². The van der Waals surface area contributed by atoms with Gasteiger partial charge in [-0.3, -0.25) is 9.59 Å². The molecule has 2 aromatic carbocycles. The Balaban J connectivity index is 2.04. The molecule has 122 valence electrons. The third kappa shape index (κ3) is 2.71. The predicted molar refractivity (Wildman–Crippen MR) is 99.8 cm³/mol. The quantitative estimate of drug-likeness (QED) is 0.646. The molecule has 0 saturated carbocycles. The zero-order valence-corrected chi connectivity index (χ0v) is 14.6. The second-order valence-electron chi connectivity index (χ2n) is 5.80. The van der Waals surface area contributed by atoms with Crippen LogP contribution in [0.2, 0.25) is 0 Å². The highest BCUT2D eigenvalue weighted by atomic mass is 32.2. The fourth-order valence-electron chi connectivity index (χ4n) is 2.65. The minimum absolute atomic E-state index is 0.265. The maximum atomic E-state index is 12.9. The Labute approximate surface area is 145 Å². The highest BCUT2D eigenvalue weighted by Gasteiger charge is 2.38. The number of rotatable bonds is 2. The summed E-state index contributed by atoms with van der Waals surface area (Å²) >= 11 is 0.984. The second-order valence-corrected chi connectivity index (χ2v) is 6.77. The number of nitrogens with two attached hydrogens (primary N) is 1. The first kappa shape index (κ1) is 16.3. The smallest absolute Gasteiger partial charge is 0.298 e. The van der Waals surface area contributed by atoms with Crippen molar-refractivity contribution in [2.24, 2.45) is 0 Å². The molecular weight excluding hydrogens is 320 g/mol. The van der Waals surface area contributed by atoms with Gasteiger partial charge >= 0.3 is 0 Å². The lowest BCUT2D eigenvalue weighted by atomic mass is 10.1. The van der Waals surface area contributed by atoms with Crippen molar-refractivity contribution in [3.05, 3.63) is 64.1 Å². The molecule has 0 unspecified atom stereocenters. The first-order valence-corrected chi connectivity index (χ1v) is 8.41. The number of benzene rings is 2. The molecule has 1 aliphatic rings. The fraction of sp³-hybridized carbons (Fsp3) is 0.158. The summed E-state index contributed by atoms with van der Waals surface area (Å²) in [6.45, 7) is 5.74. The van der Waals surface area contributed by atoms with Crippen LogP contribution in [0.1, 0.15) is 23.6 Å². The van der Waals surface area contributed by atoms with Gasteiger partial charge in [-0.05, 0) is 73.0 Å². The van der Waals surface area contributed by atoms with Crippen LogP contribution in [0, 0.1) is 13.8 Å². The van der Waals surface area contributed by atoms with Crippen LogP contribution in [0.25, 0.3) is 5.57 Å². The van der Waals surface area contributed by atoms with Crippen molar-refractivity contribution in [2.45, 2.75) is 20.8 Å². The zero-order chi connectivity index (χ0) is 17.4. The van der Waals surface area contributed by atoms with Crippen molar-refractivity contribution in [2.75, 3.05) is 10.6 Å². The molecular formula is C19H18N2O2S. The minimum Gasteiger partial charge on any atom is -0.399 e. The van der Waals surface area contributed by atoms with Gasteiger partial charge in [-0.25, -0.2) is 4.90 Å². The lowest BCUT2D eigenvalue weighted by molar-refractivity contribution is -0.113. The molecule has 2 amide bonds. The van der Waals surface area contributed by atoms with Crippen LogP contribution in [0.5, 0.6) is 0 Å². The fourth-order valence-corrected chi connectivity index (χ4v) is 3.54. The summed E-state index contributed by atoms with van der Waals surface area (Å²) < 4.78 is 0. The largest absolute Gasteiger partial charge is 0.399 e. The van der Waals surface area contributed by atoms with E-state index >= 15 is 0 Å². The van der Waals surface area contributed by atoms with Gasteiger partial charge in [0.05, 0.1) is 10.6 Å². The number of nitrogens with zero attached hydrogens (tertiary/aromatic N) is 1. The number of nitrogen functional groups attached to an aromatic ring is 1. The molecule has 0 spiro atoms. The molecule has 2 N–H and O–H groups in total. The molecule has 0 atom stereocenters. The summed E-state index contributed by atoms with van der Waals surface area (Å²) in [5.74, 6) is -0.270. The molecule has 1 saturated heterocycles. The summed E-state index contributed by atoms with van der Waals surface area (Å²) in [5, 5.41) is -0.265. The van der Waals surface area contributed by atoms with Crippen LogP contribution in [-0.4, -0.2) is 11.1 Å². The Kier molecular flexibility index (Phi) is 4.20. The number of carbonyl (C=O) groups excluding carboxylic acids is 2. The lowest BCUT2D eigenvalue weighted by Gasteiger charge is -2.16. The number of hydrogen-bond acceptors (Lipinski definition) is 4. The van der Waals surface area contributed by atoms with Gasteiger partial charge in [0.25, 0.3) is 11.1 Å². The van der Waals surface area contributed by atoms with Crippen LogP contribution in [0.15, 0.2) is 47.4 Å².